The Morgan fingerprint density at radius 1 is 1.46 bits per heavy atom. The van der Waals surface area contributed by atoms with Gasteiger partial charge in [-0.05, 0) is 17.4 Å². The normalized spacial score (nSPS) is 25.0. The molecule has 0 unspecified atom stereocenters. The van der Waals surface area contributed by atoms with E-state index in [0.717, 1.165) is 0 Å². The van der Waals surface area contributed by atoms with E-state index >= 15 is 0 Å². The van der Waals surface area contributed by atoms with Crippen molar-refractivity contribution >= 4 is 5.78 Å². The molecule has 1 atom stereocenters. The van der Waals surface area contributed by atoms with Crippen LogP contribution in [0.1, 0.15) is 47.5 Å². The van der Waals surface area contributed by atoms with Gasteiger partial charge in [-0.2, -0.15) is 0 Å². The molecule has 1 aliphatic rings. The predicted octanol–water partition coefficient (Wildman–Crippen LogP) is 3.59. The van der Waals surface area contributed by atoms with Gasteiger partial charge >= 0.3 is 0 Å². The molecular formula is C12H22O. The highest BCUT2D eigenvalue weighted by atomic mass is 16.1. The van der Waals surface area contributed by atoms with Gasteiger partial charge in [-0.25, -0.2) is 0 Å². The Labute approximate surface area is 82.2 Å². The monoisotopic (exact) mass is 182 g/mol. The lowest BCUT2D eigenvalue weighted by Gasteiger charge is -2.31. The Morgan fingerprint density at radius 2 is 1.92 bits per heavy atom. The van der Waals surface area contributed by atoms with E-state index in [0.29, 0.717) is 12.3 Å². The smallest absolute Gasteiger partial charge is 0.155 e. The van der Waals surface area contributed by atoms with Crippen LogP contribution in [0.2, 0.25) is 0 Å². The fourth-order valence-corrected chi connectivity index (χ4v) is 1.18. The molecule has 0 radical (unpaired) electrons. The third kappa shape index (κ3) is 4.25. The quantitative estimate of drug-likeness (QED) is 0.559. The third-order valence-electron chi connectivity index (χ3n) is 2.43. The van der Waals surface area contributed by atoms with Gasteiger partial charge in [0, 0.05) is 6.42 Å². The summed E-state index contributed by atoms with van der Waals surface area (Å²) in [5.74, 6) is 0.799. The SMILES string of the molecule is CCC.C[C@@H]1C=CC(=O)CC1(C)C. The number of carbonyl (C=O) groups excluding carboxylic acids is 1. The van der Waals surface area contributed by atoms with Crippen LogP contribution in [0.4, 0.5) is 0 Å². The zero-order valence-corrected chi connectivity index (χ0v) is 9.55. The maximum Gasteiger partial charge on any atom is 0.155 e. The van der Waals surface area contributed by atoms with Gasteiger partial charge in [-0.1, -0.05) is 47.1 Å². The number of hydrogen-bond acceptors (Lipinski definition) is 1. The van der Waals surface area contributed by atoms with Crippen LogP contribution in [0.3, 0.4) is 0 Å². The summed E-state index contributed by atoms with van der Waals surface area (Å²) in [6, 6.07) is 0. The maximum absolute atomic E-state index is 10.9. The molecule has 0 heterocycles. The number of hydrogen-bond donors (Lipinski definition) is 0. The van der Waals surface area contributed by atoms with Crippen molar-refractivity contribution in [1.29, 1.82) is 0 Å². The van der Waals surface area contributed by atoms with Gasteiger partial charge in [0.05, 0.1) is 0 Å². The highest BCUT2D eigenvalue weighted by Gasteiger charge is 2.29. The lowest BCUT2D eigenvalue weighted by molar-refractivity contribution is -0.117. The van der Waals surface area contributed by atoms with E-state index in [1.807, 2.05) is 6.08 Å². The van der Waals surface area contributed by atoms with Crippen LogP contribution in [0.25, 0.3) is 0 Å². The molecule has 76 valence electrons. The molecule has 1 rings (SSSR count). The minimum atomic E-state index is 0.172. The molecule has 0 bridgehead atoms. The molecular weight excluding hydrogens is 160 g/mol. The first kappa shape index (κ1) is 12.4. The molecule has 1 heteroatoms. The second kappa shape index (κ2) is 5.21. The Balaban J connectivity index is 0.000000424. The van der Waals surface area contributed by atoms with E-state index in [1.165, 1.54) is 6.42 Å². The molecule has 0 saturated carbocycles. The molecule has 0 N–H and O–H groups in total. The second-order valence-corrected chi connectivity index (χ2v) is 4.49. The largest absolute Gasteiger partial charge is 0.295 e. The van der Waals surface area contributed by atoms with Crippen molar-refractivity contribution in [3.8, 4) is 0 Å². The minimum Gasteiger partial charge on any atom is -0.295 e. The standard InChI is InChI=1S/C9H14O.C3H8/c1-7-4-5-8(10)6-9(7,2)3;1-3-2/h4-5,7H,6H2,1-3H3;3H2,1-2H3/t7-;/m1./s1. The topological polar surface area (TPSA) is 17.1 Å². The van der Waals surface area contributed by atoms with Crippen LogP contribution in [0, 0.1) is 11.3 Å². The Morgan fingerprint density at radius 3 is 2.23 bits per heavy atom. The summed E-state index contributed by atoms with van der Waals surface area (Å²) in [7, 11) is 0. The zero-order chi connectivity index (χ0) is 10.5. The average Bonchev–Trinajstić information content (AvgIpc) is 1.98. The second-order valence-electron chi connectivity index (χ2n) is 4.49. The van der Waals surface area contributed by atoms with E-state index in [4.69, 9.17) is 0 Å². The lowest BCUT2D eigenvalue weighted by atomic mass is 9.73. The minimum absolute atomic E-state index is 0.172. The summed E-state index contributed by atoms with van der Waals surface area (Å²) in [5, 5.41) is 0. The number of rotatable bonds is 0. The van der Waals surface area contributed by atoms with Crippen molar-refractivity contribution in [1.82, 2.24) is 0 Å². The van der Waals surface area contributed by atoms with Crippen molar-refractivity contribution in [2.24, 2.45) is 11.3 Å². The molecule has 0 saturated heterocycles. The maximum atomic E-state index is 10.9. The number of carbonyl (C=O) groups is 1. The molecule has 0 aromatic carbocycles. The highest BCUT2D eigenvalue weighted by molar-refractivity contribution is 5.91. The Bertz CT molecular complexity index is 189. The first-order chi connectivity index (χ1) is 5.94. The van der Waals surface area contributed by atoms with Crippen LogP contribution in [-0.4, -0.2) is 5.78 Å². The molecule has 1 aliphatic carbocycles. The van der Waals surface area contributed by atoms with Crippen molar-refractivity contribution < 1.29 is 4.79 Å². The van der Waals surface area contributed by atoms with Crippen LogP contribution >= 0.6 is 0 Å². The summed E-state index contributed by atoms with van der Waals surface area (Å²) in [4.78, 5) is 10.9. The summed E-state index contributed by atoms with van der Waals surface area (Å²) < 4.78 is 0. The van der Waals surface area contributed by atoms with E-state index < -0.39 is 0 Å². The van der Waals surface area contributed by atoms with E-state index in [2.05, 4.69) is 34.6 Å². The summed E-state index contributed by atoms with van der Waals surface area (Å²) in [5.41, 5.74) is 0.172. The molecule has 0 aromatic rings. The molecule has 1 nitrogen and oxygen atoms in total. The first-order valence-corrected chi connectivity index (χ1v) is 5.15. The van der Waals surface area contributed by atoms with Crippen molar-refractivity contribution in [2.45, 2.75) is 47.5 Å². The molecule has 0 spiro atoms. The van der Waals surface area contributed by atoms with Gasteiger partial charge in [0.25, 0.3) is 0 Å². The fourth-order valence-electron chi connectivity index (χ4n) is 1.18. The van der Waals surface area contributed by atoms with Gasteiger partial charge in [0.2, 0.25) is 0 Å². The van der Waals surface area contributed by atoms with Gasteiger partial charge in [0.1, 0.15) is 0 Å². The fraction of sp³-hybridized carbons (Fsp3) is 0.750. The molecule has 0 fully saturated rings. The van der Waals surface area contributed by atoms with Gasteiger partial charge < -0.3 is 0 Å². The predicted molar refractivity (Wildman–Crippen MR) is 57.7 cm³/mol. The molecule has 0 amide bonds. The Hall–Kier alpha value is -0.590. The van der Waals surface area contributed by atoms with E-state index in [-0.39, 0.29) is 11.2 Å². The van der Waals surface area contributed by atoms with Crippen LogP contribution in [-0.2, 0) is 4.79 Å². The van der Waals surface area contributed by atoms with Crippen LogP contribution in [0.5, 0.6) is 0 Å². The average molecular weight is 182 g/mol. The summed E-state index contributed by atoms with van der Waals surface area (Å²) >= 11 is 0. The number of allylic oxidation sites excluding steroid dienone is 2. The lowest BCUT2D eigenvalue weighted by Crippen LogP contribution is -2.26. The molecule has 0 aromatic heterocycles. The van der Waals surface area contributed by atoms with E-state index in [1.54, 1.807) is 6.08 Å². The summed E-state index contributed by atoms with van der Waals surface area (Å²) in [6.07, 6.45) is 5.66. The van der Waals surface area contributed by atoms with Gasteiger partial charge in [-0.15, -0.1) is 0 Å². The van der Waals surface area contributed by atoms with Crippen molar-refractivity contribution in [3.05, 3.63) is 12.2 Å². The van der Waals surface area contributed by atoms with Gasteiger partial charge in [0.15, 0.2) is 5.78 Å². The van der Waals surface area contributed by atoms with Crippen molar-refractivity contribution in [3.63, 3.8) is 0 Å². The third-order valence-corrected chi connectivity index (χ3v) is 2.43. The zero-order valence-electron chi connectivity index (χ0n) is 9.55. The first-order valence-electron chi connectivity index (χ1n) is 5.15. The Kier molecular flexibility index (Phi) is 4.97. The van der Waals surface area contributed by atoms with Crippen molar-refractivity contribution in [2.75, 3.05) is 0 Å². The number of ketones is 1. The van der Waals surface area contributed by atoms with E-state index in [9.17, 15) is 4.79 Å². The molecule has 0 aliphatic heterocycles. The van der Waals surface area contributed by atoms with Gasteiger partial charge in [-0.3, -0.25) is 4.79 Å². The highest BCUT2D eigenvalue weighted by Crippen LogP contribution is 2.34. The van der Waals surface area contributed by atoms with Crippen LogP contribution < -0.4 is 0 Å². The molecule has 13 heavy (non-hydrogen) atoms. The van der Waals surface area contributed by atoms with Crippen LogP contribution in [0.15, 0.2) is 12.2 Å². The summed E-state index contributed by atoms with van der Waals surface area (Å²) in [6.45, 7) is 10.7.